The molecule has 31 heavy (non-hydrogen) atoms. The molecule has 0 saturated heterocycles. The lowest BCUT2D eigenvalue weighted by Crippen LogP contribution is -1.94. The first-order chi connectivity index (χ1) is 15.1. The molecule has 0 heterocycles. The van der Waals surface area contributed by atoms with E-state index >= 15 is 0 Å². The van der Waals surface area contributed by atoms with Crippen LogP contribution in [0.3, 0.4) is 0 Å². The first-order valence-corrected chi connectivity index (χ1v) is 11.3. The Kier molecular flexibility index (Phi) is 8.42. The third-order valence-corrected chi connectivity index (χ3v) is 5.53. The second-order valence-corrected chi connectivity index (χ2v) is 7.99. The van der Waals surface area contributed by atoms with Crippen LogP contribution >= 0.6 is 0 Å². The minimum Gasteiger partial charge on any atom is -0.203 e. The monoisotopic (exact) mass is 416 g/mol. The van der Waals surface area contributed by atoms with Crippen LogP contribution < -0.4 is 0 Å². The van der Waals surface area contributed by atoms with Gasteiger partial charge in [-0.15, -0.1) is 0 Å². The zero-order valence-electron chi connectivity index (χ0n) is 18.5. The van der Waals surface area contributed by atoms with Crippen molar-refractivity contribution in [2.45, 2.75) is 58.8 Å². The molecule has 0 amide bonds. The Morgan fingerprint density at radius 3 is 1.87 bits per heavy atom. The summed E-state index contributed by atoms with van der Waals surface area (Å²) in [7, 11) is 0. The van der Waals surface area contributed by atoms with Crippen LogP contribution in [0.25, 0.3) is 11.1 Å². The second kappa shape index (κ2) is 11.5. The summed E-state index contributed by atoms with van der Waals surface area (Å²) in [6, 6.07) is 18.9. The third-order valence-electron chi connectivity index (χ3n) is 5.53. The molecule has 0 nitrogen and oxygen atoms in total. The molecule has 0 N–H and O–H groups in total. The Bertz CT molecular complexity index is 1040. The molecule has 0 bridgehead atoms. The van der Waals surface area contributed by atoms with Crippen molar-refractivity contribution >= 4 is 0 Å². The number of hydrogen-bond donors (Lipinski definition) is 0. The Balaban J connectivity index is 1.74. The van der Waals surface area contributed by atoms with E-state index in [2.05, 4.69) is 37.8 Å². The lowest BCUT2D eigenvalue weighted by atomic mass is 9.99. The highest BCUT2D eigenvalue weighted by Gasteiger charge is 2.13. The third kappa shape index (κ3) is 6.28. The molecule has 3 aromatic carbocycles. The van der Waals surface area contributed by atoms with Gasteiger partial charge in [-0.25, -0.2) is 8.78 Å². The highest BCUT2D eigenvalue weighted by molar-refractivity contribution is 5.66. The molecule has 0 aliphatic heterocycles. The number of rotatable bonds is 8. The molecule has 0 atom stereocenters. The Hall–Kier alpha value is -2.92. The number of hydrogen-bond acceptors (Lipinski definition) is 0. The topological polar surface area (TPSA) is 0 Å². The van der Waals surface area contributed by atoms with Gasteiger partial charge in [0.2, 0.25) is 0 Å². The van der Waals surface area contributed by atoms with Gasteiger partial charge in [-0.1, -0.05) is 81.3 Å². The molecule has 160 valence electrons. The maximum absolute atomic E-state index is 14.7. The van der Waals surface area contributed by atoms with Crippen LogP contribution in [-0.4, -0.2) is 0 Å². The molecule has 0 fully saturated rings. The molecule has 2 heteroatoms. The van der Waals surface area contributed by atoms with Crippen molar-refractivity contribution < 1.29 is 8.78 Å². The summed E-state index contributed by atoms with van der Waals surface area (Å²) in [6.45, 7) is 4.35. The van der Waals surface area contributed by atoms with Crippen LogP contribution in [0.15, 0.2) is 60.7 Å². The number of unbranched alkanes of at least 4 members (excludes halogenated alkanes) is 3. The van der Waals surface area contributed by atoms with Crippen molar-refractivity contribution in [3.63, 3.8) is 0 Å². The minimum absolute atomic E-state index is 0.0767. The van der Waals surface area contributed by atoms with Crippen LogP contribution in [0, 0.1) is 23.5 Å². The highest BCUT2D eigenvalue weighted by Crippen LogP contribution is 2.27. The van der Waals surface area contributed by atoms with Crippen molar-refractivity contribution in [1.82, 2.24) is 0 Å². The summed E-state index contributed by atoms with van der Waals surface area (Å²) in [5, 5.41) is 0. The van der Waals surface area contributed by atoms with Gasteiger partial charge in [0.1, 0.15) is 0 Å². The van der Waals surface area contributed by atoms with Gasteiger partial charge in [0.25, 0.3) is 0 Å². The van der Waals surface area contributed by atoms with Gasteiger partial charge < -0.3 is 0 Å². The molecular weight excluding hydrogens is 386 g/mol. The van der Waals surface area contributed by atoms with E-state index in [0.717, 1.165) is 31.2 Å². The Morgan fingerprint density at radius 1 is 0.613 bits per heavy atom. The minimum atomic E-state index is -0.892. The van der Waals surface area contributed by atoms with Gasteiger partial charge in [-0.05, 0) is 66.6 Å². The summed E-state index contributed by atoms with van der Waals surface area (Å²) >= 11 is 0. The normalized spacial score (nSPS) is 10.6. The van der Waals surface area contributed by atoms with Gasteiger partial charge in [0, 0.05) is 11.1 Å². The lowest BCUT2D eigenvalue weighted by molar-refractivity contribution is 0.509. The average molecular weight is 417 g/mol. The van der Waals surface area contributed by atoms with E-state index in [4.69, 9.17) is 0 Å². The standard InChI is InChI=1S/C29H30F2/c1-3-5-7-9-23-10-12-24(13-11-23)16-19-26-20-21-27(29(31)28(26)30)25-17-14-22(15-18-25)8-6-4-2/h10-15,17-18,20-21H,3-9H2,1-2H3. The van der Waals surface area contributed by atoms with Gasteiger partial charge in [0.15, 0.2) is 11.6 Å². The fourth-order valence-electron chi connectivity index (χ4n) is 3.57. The molecule has 0 aliphatic carbocycles. The van der Waals surface area contributed by atoms with E-state index < -0.39 is 11.6 Å². The molecule has 0 radical (unpaired) electrons. The van der Waals surface area contributed by atoms with Gasteiger partial charge in [-0.3, -0.25) is 0 Å². The fourth-order valence-corrected chi connectivity index (χ4v) is 3.57. The van der Waals surface area contributed by atoms with Crippen molar-refractivity contribution in [2.75, 3.05) is 0 Å². The fraction of sp³-hybridized carbons (Fsp3) is 0.310. The molecule has 0 aromatic heterocycles. The molecule has 3 aromatic rings. The van der Waals surface area contributed by atoms with Gasteiger partial charge in [0.05, 0.1) is 5.56 Å². The predicted octanol–water partition coefficient (Wildman–Crippen LogP) is 8.11. The zero-order valence-corrected chi connectivity index (χ0v) is 18.5. The maximum atomic E-state index is 14.7. The van der Waals surface area contributed by atoms with E-state index in [1.54, 1.807) is 12.1 Å². The first-order valence-electron chi connectivity index (χ1n) is 11.3. The largest absolute Gasteiger partial charge is 0.203 e. The zero-order chi connectivity index (χ0) is 22.1. The summed E-state index contributed by atoms with van der Waals surface area (Å²) in [4.78, 5) is 0. The van der Waals surface area contributed by atoms with E-state index in [1.165, 1.54) is 30.4 Å². The van der Waals surface area contributed by atoms with Gasteiger partial charge in [-0.2, -0.15) is 0 Å². The van der Waals surface area contributed by atoms with Crippen LogP contribution in [0.1, 0.15) is 68.2 Å². The summed E-state index contributed by atoms with van der Waals surface area (Å²) in [6.07, 6.45) is 7.93. The number of benzene rings is 3. The van der Waals surface area contributed by atoms with Crippen LogP contribution in [-0.2, 0) is 12.8 Å². The van der Waals surface area contributed by atoms with E-state index in [9.17, 15) is 8.78 Å². The average Bonchev–Trinajstić information content (AvgIpc) is 2.80. The molecule has 0 saturated carbocycles. The van der Waals surface area contributed by atoms with Crippen molar-refractivity contribution in [3.8, 4) is 23.0 Å². The molecule has 0 aliphatic rings. The summed E-state index contributed by atoms with van der Waals surface area (Å²) in [5.41, 5.74) is 4.31. The summed E-state index contributed by atoms with van der Waals surface area (Å²) < 4.78 is 29.4. The molecule has 0 unspecified atom stereocenters. The lowest BCUT2D eigenvalue weighted by Gasteiger charge is -2.07. The maximum Gasteiger partial charge on any atom is 0.175 e. The highest BCUT2D eigenvalue weighted by atomic mass is 19.2. The van der Waals surface area contributed by atoms with Gasteiger partial charge >= 0.3 is 0 Å². The van der Waals surface area contributed by atoms with Crippen LogP contribution in [0.4, 0.5) is 8.78 Å². The van der Waals surface area contributed by atoms with E-state index in [1.807, 2.05) is 36.4 Å². The smallest absolute Gasteiger partial charge is 0.175 e. The van der Waals surface area contributed by atoms with Crippen molar-refractivity contribution in [2.24, 2.45) is 0 Å². The van der Waals surface area contributed by atoms with Crippen LogP contribution in [0.5, 0.6) is 0 Å². The van der Waals surface area contributed by atoms with Crippen molar-refractivity contribution in [1.29, 1.82) is 0 Å². The van der Waals surface area contributed by atoms with Crippen molar-refractivity contribution in [3.05, 3.63) is 94.6 Å². The predicted molar refractivity (Wildman–Crippen MR) is 126 cm³/mol. The SMILES string of the molecule is CCCCCc1ccc(C#Cc2ccc(-c3ccc(CCCC)cc3)c(F)c2F)cc1. The second-order valence-electron chi connectivity index (χ2n) is 7.99. The Labute approximate surface area is 185 Å². The van der Waals surface area contributed by atoms with E-state index in [0.29, 0.717) is 5.56 Å². The number of halogens is 2. The molecular formula is C29H30F2. The quantitative estimate of drug-likeness (QED) is 0.257. The molecule has 0 spiro atoms. The summed E-state index contributed by atoms with van der Waals surface area (Å²) in [5.74, 6) is 4.00. The van der Waals surface area contributed by atoms with Crippen LogP contribution in [0.2, 0.25) is 0 Å². The van der Waals surface area contributed by atoms with E-state index in [-0.39, 0.29) is 11.1 Å². The molecule has 3 rings (SSSR count). The number of aryl methyl sites for hydroxylation is 2. The first kappa shape index (κ1) is 22.8. The Morgan fingerprint density at radius 2 is 1.23 bits per heavy atom.